The lowest BCUT2D eigenvalue weighted by Gasteiger charge is -2.22. The minimum Gasteiger partial charge on any atom is -0.354 e. The maximum atomic E-state index is 11.4. The van der Waals surface area contributed by atoms with Crippen LogP contribution in [-0.2, 0) is 4.79 Å². The summed E-state index contributed by atoms with van der Waals surface area (Å²) in [5, 5.41) is 9.08. The van der Waals surface area contributed by atoms with Crippen LogP contribution in [0.25, 0.3) is 0 Å². The average molecular weight is 244 g/mol. The molecule has 1 amide bonds. The number of rotatable bonds is 1. The summed E-state index contributed by atoms with van der Waals surface area (Å²) in [6.07, 6.45) is 2.60. The van der Waals surface area contributed by atoms with Crippen molar-refractivity contribution in [2.75, 3.05) is 31.1 Å². The Bertz CT molecular complexity index is 480. The molecular formula is C13H16N4O. The number of anilines is 1. The molecule has 1 aromatic heterocycles. The fraction of sp³-hybridized carbons (Fsp3) is 0.462. The van der Waals surface area contributed by atoms with Gasteiger partial charge in [-0.15, -0.1) is 0 Å². The van der Waals surface area contributed by atoms with E-state index in [0.717, 1.165) is 31.9 Å². The van der Waals surface area contributed by atoms with Gasteiger partial charge in [0.05, 0.1) is 5.56 Å². The lowest BCUT2D eigenvalue weighted by molar-refractivity contribution is -0.128. The second-order valence-electron chi connectivity index (χ2n) is 4.33. The first-order valence-electron chi connectivity index (χ1n) is 6.08. The van der Waals surface area contributed by atoms with Crippen molar-refractivity contribution < 1.29 is 4.79 Å². The highest BCUT2D eigenvalue weighted by molar-refractivity contribution is 5.73. The zero-order chi connectivity index (χ0) is 13.0. The maximum absolute atomic E-state index is 11.4. The molecular weight excluding hydrogens is 228 g/mol. The summed E-state index contributed by atoms with van der Waals surface area (Å²) in [6, 6.07) is 5.70. The van der Waals surface area contributed by atoms with E-state index < -0.39 is 0 Å². The van der Waals surface area contributed by atoms with E-state index in [2.05, 4.69) is 16.0 Å². The standard InChI is InChI=1S/C13H16N4O/c1-11(18)16-6-3-7-17(9-8-16)13-12(10-14)4-2-5-15-13/h2,4-5H,3,6-9H2,1H3. The van der Waals surface area contributed by atoms with E-state index in [-0.39, 0.29) is 5.91 Å². The van der Waals surface area contributed by atoms with E-state index in [1.54, 1.807) is 25.3 Å². The fourth-order valence-corrected chi connectivity index (χ4v) is 2.18. The van der Waals surface area contributed by atoms with Gasteiger partial charge in [-0.2, -0.15) is 5.26 Å². The van der Waals surface area contributed by atoms with Gasteiger partial charge in [0.2, 0.25) is 5.91 Å². The molecule has 18 heavy (non-hydrogen) atoms. The molecule has 0 unspecified atom stereocenters. The molecule has 1 aromatic rings. The van der Waals surface area contributed by atoms with Crippen molar-refractivity contribution >= 4 is 11.7 Å². The Hall–Kier alpha value is -2.09. The summed E-state index contributed by atoms with van der Waals surface area (Å²) in [7, 11) is 0. The van der Waals surface area contributed by atoms with Crippen LogP contribution in [0.2, 0.25) is 0 Å². The molecule has 0 atom stereocenters. The molecule has 0 aromatic carbocycles. The summed E-state index contributed by atoms with van der Waals surface area (Å²) in [4.78, 5) is 19.6. The molecule has 1 aliphatic heterocycles. The number of amides is 1. The number of hydrogen-bond acceptors (Lipinski definition) is 4. The summed E-state index contributed by atoms with van der Waals surface area (Å²) in [6.45, 7) is 4.62. The molecule has 1 saturated heterocycles. The van der Waals surface area contributed by atoms with Gasteiger partial charge in [-0.25, -0.2) is 4.98 Å². The van der Waals surface area contributed by atoms with Crippen molar-refractivity contribution in [1.29, 1.82) is 5.26 Å². The monoisotopic (exact) mass is 244 g/mol. The predicted octanol–water partition coefficient (Wildman–Crippen LogP) is 1.01. The zero-order valence-electron chi connectivity index (χ0n) is 10.5. The van der Waals surface area contributed by atoms with E-state index in [1.165, 1.54) is 0 Å². The molecule has 0 aliphatic carbocycles. The van der Waals surface area contributed by atoms with Crippen LogP contribution in [0.3, 0.4) is 0 Å². The first kappa shape index (κ1) is 12.4. The Morgan fingerprint density at radius 2 is 2.22 bits per heavy atom. The van der Waals surface area contributed by atoms with Gasteiger partial charge in [-0.05, 0) is 18.6 Å². The van der Waals surface area contributed by atoms with Crippen LogP contribution in [0.15, 0.2) is 18.3 Å². The first-order chi connectivity index (χ1) is 8.72. The quantitative estimate of drug-likeness (QED) is 0.739. The molecule has 0 N–H and O–H groups in total. The van der Waals surface area contributed by atoms with Gasteiger partial charge in [0, 0.05) is 39.3 Å². The van der Waals surface area contributed by atoms with Gasteiger partial charge in [0.1, 0.15) is 11.9 Å². The SMILES string of the molecule is CC(=O)N1CCCN(c2ncccc2C#N)CC1. The number of nitrogens with zero attached hydrogens (tertiary/aromatic N) is 4. The summed E-state index contributed by atoms with van der Waals surface area (Å²) in [5.41, 5.74) is 0.591. The van der Waals surface area contributed by atoms with Crippen molar-refractivity contribution in [1.82, 2.24) is 9.88 Å². The molecule has 94 valence electrons. The maximum Gasteiger partial charge on any atom is 0.219 e. The molecule has 0 radical (unpaired) electrons. The Balaban J connectivity index is 2.15. The molecule has 5 nitrogen and oxygen atoms in total. The Labute approximate surface area is 107 Å². The molecule has 0 spiro atoms. The number of carbonyl (C=O) groups excluding carboxylic acids is 1. The molecule has 5 heteroatoms. The Morgan fingerprint density at radius 1 is 1.39 bits per heavy atom. The van der Waals surface area contributed by atoms with Gasteiger partial charge < -0.3 is 9.80 Å². The smallest absolute Gasteiger partial charge is 0.219 e. The topological polar surface area (TPSA) is 60.2 Å². The second kappa shape index (κ2) is 5.50. The number of aromatic nitrogens is 1. The highest BCUT2D eigenvalue weighted by Crippen LogP contribution is 2.18. The summed E-state index contributed by atoms with van der Waals surface area (Å²) >= 11 is 0. The fourth-order valence-electron chi connectivity index (χ4n) is 2.18. The average Bonchev–Trinajstić information content (AvgIpc) is 2.64. The van der Waals surface area contributed by atoms with Crippen molar-refractivity contribution in [3.63, 3.8) is 0 Å². The van der Waals surface area contributed by atoms with Crippen LogP contribution >= 0.6 is 0 Å². The van der Waals surface area contributed by atoms with Crippen molar-refractivity contribution in [3.8, 4) is 6.07 Å². The van der Waals surface area contributed by atoms with Crippen molar-refractivity contribution in [2.24, 2.45) is 0 Å². The molecule has 2 rings (SSSR count). The van der Waals surface area contributed by atoms with Crippen molar-refractivity contribution in [2.45, 2.75) is 13.3 Å². The van der Waals surface area contributed by atoms with E-state index in [9.17, 15) is 4.79 Å². The van der Waals surface area contributed by atoms with Crippen LogP contribution in [0, 0.1) is 11.3 Å². The minimum atomic E-state index is 0.110. The highest BCUT2D eigenvalue weighted by atomic mass is 16.2. The number of nitriles is 1. The van der Waals surface area contributed by atoms with Crippen LogP contribution < -0.4 is 4.90 Å². The Morgan fingerprint density at radius 3 is 2.94 bits per heavy atom. The number of carbonyl (C=O) groups is 1. The number of pyridine rings is 1. The third kappa shape index (κ3) is 2.59. The van der Waals surface area contributed by atoms with E-state index >= 15 is 0 Å². The lowest BCUT2D eigenvalue weighted by Crippen LogP contribution is -2.34. The highest BCUT2D eigenvalue weighted by Gasteiger charge is 2.19. The molecule has 1 aliphatic rings. The minimum absolute atomic E-state index is 0.110. The van der Waals surface area contributed by atoms with Gasteiger partial charge in [0.15, 0.2) is 0 Å². The van der Waals surface area contributed by atoms with E-state index in [4.69, 9.17) is 5.26 Å². The lowest BCUT2D eigenvalue weighted by atomic mass is 10.2. The third-order valence-corrected chi connectivity index (χ3v) is 3.15. The van der Waals surface area contributed by atoms with Crippen LogP contribution in [-0.4, -0.2) is 42.0 Å². The van der Waals surface area contributed by atoms with Crippen LogP contribution in [0.5, 0.6) is 0 Å². The van der Waals surface area contributed by atoms with Gasteiger partial charge in [0.25, 0.3) is 0 Å². The first-order valence-corrected chi connectivity index (χ1v) is 6.08. The number of hydrogen-bond donors (Lipinski definition) is 0. The zero-order valence-corrected chi connectivity index (χ0v) is 10.5. The molecule has 0 bridgehead atoms. The van der Waals surface area contributed by atoms with Crippen molar-refractivity contribution in [3.05, 3.63) is 23.9 Å². The van der Waals surface area contributed by atoms with Gasteiger partial charge >= 0.3 is 0 Å². The molecule has 2 heterocycles. The van der Waals surface area contributed by atoms with Crippen LogP contribution in [0.4, 0.5) is 5.82 Å². The molecule has 1 fully saturated rings. The van der Waals surface area contributed by atoms with Gasteiger partial charge in [-0.3, -0.25) is 4.79 Å². The molecule has 0 saturated carbocycles. The van der Waals surface area contributed by atoms with Gasteiger partial charge in [-0.1, -0.05) is 0 Å². The summed E-state index contributed by atoms with van der Waals surface area (Å²) < 4.78 is 0. The van der Waals surface area contributed by atoms with Crippen LogP contribution in [0.1, 0.15) is 18.9 Å². The second-order valence-corrected chi connectivity index (χ2v) is 4.33. The summed E-state index contributed by atoms with van der Waals surface area (Å²) in [5.74, 6) is 0.837. The van der Waals surface area contributed by atoms with E-state index in [0.29, 0.717) is 12.1 Å². The predicted molar refractivity (Wildman–Crippen MR) is 68.0 cm³/mol. The van der Waals surface area contributed by atoms with E-state index in [1.807, 2.05) is 4.90 Å². The normalized spacial score (nSPS) is 16.0. The Kier molecular flexibility index (Phi) is 3.78. The third-order valence-electron chi connectivity index (χ3n) is 3.15. The largest absolute Gasteiger partial charge is 0.354 e.